The van der Waals surface area contributed by atoms with Gasteiger partial charge < -0.3 is 14.2 Å². The molecule has 0 saturated heterocycles. The van der Waals surface area contributed by atoms with Gasteiger partial charge in [-0.15, -0.1) is 0 Å². The van der Waals surface area contributed by atoms with Gasteiger partial charge in [0.25, 0.3) is 5.91 Å². The predicted octanol–water partition coefficient (Wildman–Crippen LogP) is 3.63. The zero-order valence-electron chi connectivity index (χ0n) is 9.94. The Morgan fingerprint density at radius 1 is 1.26 bits per heavy atom. The van der Waals surface area contributed by atoms with Crippen molar-refractivity contribution in [2.75, 3.05) is 5.32 Å². The highest BCUT2D eigenvalue weighted by Crippen LogP contribution is 2.21. The predicted molar refractivity (Wildman–Crippen MR) is 70.4 cm³/mol. The summed E-state index contributed by atoms with van der Waals surface area (Å²) in [6.07, 6.45) is 0. The Balaban J connectivity index is 1.86. The summed E-state index contributed by atoms with van der Waals surface area (Å²) in [4.78, 5) is 16.0. The van der Waals surface area contributed by atoms with E-state index in [1.54, 1.807) is 25.1 Å². The van der Waals surface area contributed by atoms with E-state index in [4.69, 9.17) is 20.4 Å². The van der Waals surface area contributed by atoms with Gasteiger partial charge in [0.1, 0.15) is 5.52 Å². The number of oxazole rings is 1. The van der Waals surface area contributed by atoms with Crippen molar-refractivity contribution in [3.05, 3.63) is 47.2 Å². The highest BCUT2D eigenvalue weighted by atomic mass is 35.5. The van der Waals surface area contributed by atoms with Crippen molar-refractivity contribution in [2.24, 2.45) is 0 Å². The van der Waals surface area contributed by atoms with Crippen LogP contribution in [-0.2, 0) is 0 Å². The summed E-state index contributed by atoms with van der Waals surface area (Å²) in [7, 11) is 0. The Labute approximate surface area is 113 Å². The van der Waals surface area contributed by atoms with E-state index in [9.17, 15) is 4.79 Å². The van der Waals surface area contributed by atoms with E-state index in [0.717, 1.165) is 5.52 Å². The number of nitrogens with zero attached hydrogens (tertiary/aromatic N) is 1. The molecule has 0 bridgehead atoms. The molecule has 6 heteroatoms. The number of hydrogen-bond donors (Lipinski definition) is 1. The van der Waals surface area contributed by atoms with Crippen LogP contribution in [-0.4, -0.2) is 10.9 Å². The van der Waals surface area contributed by atoms with Crippen LogP contribution >= 0.6 is 11.6 Å². The molecule has 1 N–H and O–H groups in total. The summed E-state index contributed by atoms with van der Waals surface area (Å²) in [6, 6.07) is 8.25. The van der Waals surface area contributed by atoms with E-state index in [2.05, 4.69) is 10.3 Å². The van der Waals surface area contributed by atoms with Gasteiger partial charge >= 0.3 is 0 Å². The number of aromatic nitrogens is 1. The molecule has 0 aliphatic rings. The number of fused-ring (bicyclic) bond motifs is 1. The molecule has 0 saturated carbocycles. The Morgan fingerprint density at radius 2 is 2.11 bits per heavy atom. The molecule has 5 nitrogen and oxygen atoms in total. The van der Waals surface area contributed by atoms with E-state index in [-0.39, 0.29) is 16.9 Å². The van der Waals surface area contributed by atoms with Crippen LogP contribution < -0.4 is 5.32 Å². The quantitative estimate of drug-likeness (QED) is 0.776. The molecule has 0 fully saturated rings. The Bertz CT molecular complexity index is 760. The van der Waals surface area contributed by atoms with E-state index < -0.39 is 0 Å². The van der Waals surface area contributed by atoms with Crippen LogP contribution in [0.15, 0.2) is 39.2 Å². The molecular weight excluding hydrogens is 268 g/mol. The zero-order valence-corrected chi connectivity index (χ0v) is 10.7. The smallest absolute Gasteiger partial charge is 0.291 e. The fraction of sp³-hybridized carbons (Fsp3) is 0.0769. The first-order chi connectivity index (χ1) is 9.11. The molecule has 1 amide bonds. The van der Waals surface area contributed by atoms with Gasteiger partial charge in [-0.05, 0) is 35.9 Å². The van der Waals surface area contributed by atoms with Gasteiger partial charge in [0.2, 0.25) is 0 Å². The molecule has 19 heavy (non-hydrogen) atoms. The number of hydrogen-bond acceptors (Lipinski definition) is 4. The van der Waals surface area contributed by atoms with Crippen molar-refractivity contribution in [1.29, 1.82) is 0 Å². The number of aryl methyl sites for hydroxylation is 1. The lowest BCUT2D eigenvalue weighted by molar-refractivity contribution is 0.0997. The van der Waals surface area contributed by atoms with E-state index in [1.165, 1.54) is 12.1 Å². The van der Waals surface area contributed by atoms with Crippen LogP contribution in [0.1, 0.15) is 16.4 Å². The molecule has 1 aromatic carbocycles. The second kappa shape index (κ2) is 4.44. The fourth-order valence-electron chi connectivity index (χ4n) is 1.75. The van der Waals surface area contributed by atoms with Crippen LogP contribution in [0.25, 0.3) is 11.1 Å². The third-order valence-electron chi connectivity index (χ3n) is 2.55. The number of amides is 1. The lowest BCUT2D eigenvalue weighted by Crippen LogP contribution is -2.10. The number of carbonyl (C=O) groups excluding carboxylic acids is 1. The van der Waals surface area contributed by atoms with E-state index >= 15 is 0 Å². The largest absolute Gasteiger partial charge is 0.441 e. The molecule has 3 rings (SSSR count). The summed E-state index contributed by atoms with van der Waals surface area (Å²) in [5, 5.41) is 2.87. The maximum absolute atomic E-state index is 11.9. The minimum Gasteiger partial charge on any atom is -0.441 e. The van der Waals surface area contributed by atoms with Crippen molar-refractivity contribution in [3.8, 4) is 0 Å². The van der Waals surface area contributed by atoms with Crippen LogP contribution in [0.3, 0.4) is 0 Å². The highest BCUT2D eigenvalue weighted by Gasteiger charge is 2.11. The zero-order chi connectivity index (χ0) is 13.4. The first-order valence-electron chi connectivity index (χ1n) is 5.56. The molecule has 0 atom stereocenters. The van der Waals surface area contributed by atoms with Crippen molar-refractivity contribution < 1.29 is 13.6 Å². The van der Waals surface area contributed by atoms with Gasteiger partial charge in [-0.1, -0.05) is 0 Å². The number of rotatable bonds is 2. The topological polar surface area (TPSA) is 68.3 Å². The van der Waals surface area contributed by atoms with Crippen LogP contribution in [0, 0.1) is 6.92 Å². The van der Waals surface area contributed by atoms with Gasteiger partial charge in [0.05, 0.1) is 0 Å². The monoisotopic (exact) mass is 276 g/mol. The summed E-state index contributed by atoms with van der Waals surface area (Å²) in [5.74, 6) is 0.359. The number of carbonyl (C=O) groups is 1. The molecule has 3 aromatic rings. The third kappa shape index (κ3) is 2.32. The molecule has 2 aromatic heterocycles. The van der Waals surface area contributed by atoms with Crippen LogP contribution in [0.2, 0.25) is 5.22 Å². The first-order valence-corrected chi connectivity index (χ1v) is 5.93. The number of anilines is 1. The van der Waals surface area contributed by atoms with Gasteiger partial charge in [-0.3, -0.25) is 4.79 Å². The summed E-state index contributed by atoms with van der Waals surface area (Å²) < 4.78 is 10.4. The maximum Gasteiger partial charge on any atom is 0.291 e. The number of halogens is 1. The van der Waals surface area contributed by atoms with Gasteiger partial charge in [-0.25, -0.2) is 4.98 Å². The van der Waals surface area contributed by atoms with Crippen molar-refractivity contribution >= 4 is 34.3 Å². The summed E-state index contributed by atoms with van der Waals surface area (Å²) in [5.41, 5.74) is 1.96. The summed E-state index contributed by atoms with van der Waals surface area (Å²) >= 11 is 5.62. The van der Waals surface area contributed by atoms with Gasteiger partial charge in [-0.2, -0.15) is 0 Å². The SMILES string of the molecule is Cc1nc2ccc(NC(=O)c3ccc(Cl)o3)cc2o1. The Hall–Kier alpha value is -2.27. The Morgan fingerprint density at radius 3 is 2.84 bits per heavy atom. The normalized spacial score (nSPS) is 10.8. The molecule has 0 spiro atoms. The molecular formula is C13H9ClN2O3. The van der Waals surface area contributed by atoms with E-state index in [0.29, 0.717) is 17.2 Å². The lowest BCUT2D eigenvalue weighted by Gasteiger charge is -2.02. The van der Waals surface area contributed by atoms with Crippen LogP contribution in [0.5, 0.6) is 0 Å². The molecule has 0 aliphatic carbocycles. The number of nitrogens with one attached hydrogen (secondary N) is 1. The average Bonchev–Trinajstić information content (AvgIpc) is 2.93. The molecule has 0 radical (unpaired) electrons. The second-order valence-electron chi connectivity index (χ2n) is 3.97. The van der Waals surface area contributed by atoms with Crippen molar-refractivity contribution in [3.63, 3.8) is 0 Å². The molecule has 0 aliphatic heterocycles. The minimum absolute atomic E-state index is 0.152. The number of benzene rings is 1. The van der Waals surface area contributed by atoms with Gasteiger partial charge in [0, 0.05) is 18.7 Å². The third-order valence-corrected chi connectivity index (χ3v) is 2.75. The average molecular weight is 277 g/mol. The van der Waals surface area contributed by atoms with E-state index in [1.807, 2.05) is 0 Å². The Kier molecular flexibility index (Phi) is 2.76. The van der Waals surface area contributed by atoms with Crippen molar-refractivity contribution in [2.45, 2.75) is 6.92 Å². The number of furan rings is 1. The lowest BCUT2D eigenvalue weighted by atomic mass is 10.3. The fourth-order valence-corrected chi connectivity index (χ4v) is 1.89. The van der Waals surface area contributed by atoms with Gasteiger partial charge in [0.15, 0.2) is 22.5 Å². The maximum atomic E-state index is 11.9. The van der Waals surface area contributed by atoms with Crippen molar-refractivity contribution in [1.82, 2.24) is 4.98 Å². The summed E-state index contributed by atoms with van der Waals surface area (Å²) in [6.45, 7) is 1.77. The first kappa shape index (κ1) is 11.8. The van der Waals surface area contributed by atoms with Crippen LogP contribution in [0.4, 0.5) is 5.69 Å². The molecule has 0 unspecified atom stereocenters. The highest BCUT2D eigenvalue weighted by molar-refractivity contribution is 6.29. The minimum atomic E-state index is -0.373. The second-order valence-corrected chi connectivity index (χ2v) is 4.35. The molecule has 96 valence electrons. The molecule has 2 heterocycles. The standard InChI is InChI=1S/C13H9ClN2O3/c1-7-15-9-3-2-8(6-11(9)18-7)16-13(17)10-4-5-12(14)19-10/h2-6H,1H3,(H,16,17).